The molecule has 0 N–H and O–H groups in total. The molecule has 2 aromatic rings. The Morgan fingerprint density at radius 1 is 0.960 bits per heavy atom. The third kappa shape index (κ3) is 4.44. The zero-order valence-electron chi connectivity index (χ0n) is 12.7. The fourth-order valence-corrected chi connectivity index (χ4v) is 2.17. The van der Waals surface area contributed by atoms with Crippen LogP contribution in [0.4, 0.5) is 26.3 Å². The van der Waals surface area contributed by atoms with E-state index in [1.807, 2.05) is 0 Å². The molecule has 1 atom stereocenters. The van der Waals surface area contributed by atoms with Crippen LogP contribution in [0.5, 0.6) is 5.75 Å². The van der Waals surface area contributed by atoms with E-state index in [0.717, 1.165) is 24.3 Å². The van der Waals surface area contributed by atoms with Crippen molar-refractivity contribution < 1.29 is 31.1 Å². The number of hydrogen-bond acceptors (Lipinski definition) is 2. The normalized spacial score (nSPS) is 13.2. The fourth-order valence-electron chi connectivity index (χ4n) is 2.17. The van der Waals surface area contributed by atoms with Crippen LogP contribution >= 0.6 is 0 Å². The summed E-state index contributed by atoms with van der Waals surface area (Å²) in [5.74, 6) is -0.198. The Kier molecular flexibility index (Phi) is 4.97. The Labute approximate surface area is 139 Å². The standard InChI is InChI=1S/C17H11F6NO/c1-10(11-3-2-4-13(7-11)16(18,19)20)25-14-6-5-12(9-24)15(8-14)17(21,22)23/h2-8,10H,1H3. The number of rotatable bonds is 3. The Bertz CT molecular complexity index is 804. The first kappa shape index (κ1) is 18.6. The molecule has 0 amide bonds. The minimum absolute atomic E-state index is 0.160. The van der Waals surface area contributed by atoms with E-state index in [4.69, 9.17) is 10.00 Å². The predicted octanol–water partition coefficient (Wildman–Crippen LogP) is 5.74. The summed E-state index contributed by atoms with van der Waals surface area (Å²) in [5.41, 5.74) is -2.45. The van der Waals surface area contributed by atoms with Gasteiger partial charge in [-0.3, -0.25) is 0 Å². The van der Waals surface area contributed by atoms with Crippen molar-refractivity contribution in [2.24, 2.45) is 0 Å². The average molecular weight is 359 g/mol. The highest BCUT2D eigenvalue weighted by atomic mass is 19.4. The summed E-state index contributed by atoms with van der Waals surface area (Å²) < 4.78 is 82.3. The highest BCUT2D eigenvalue weighted by molar-refractivity contribution is 5.44. The topological polar surface area (TPSA) is 33.0 Å². The van der Waals surface area contributed by atoms with Gasteiger partial charge in [0, 0.05) is 0 Å². The maximum atomic E-state index is 12.9. The van der Waals surface area contributed by atoms with E-state index in [-0.39, 0.29) is 11.3 Å². The van der Waals surface area contributed by atoms with Crippen molar-refractivity contribution in [3.05, 3.63) is 64.7 Å². The van der Waals surface area contributed by atoms with Crippen molar-refractivity contribution in [3.8, 4) is 11.8 Å². The molecule has 0 aliphatic carbocycles. The first-order chi connectivity index (χ1) is 11.5. The van der Waals surface area contributed by atoms with Crippen LogP contribution in [0.1, 0.15) is 35.3 Å². The minimum atomic E-state index is -4.75. The number of nitrogens with zero attached hydrogens (tertiary/aromatic N) is 1. The van der Waals surface area contributed by atoms with Crippen molar-refractivity contribution in [2.75, 3.05) is 0 Å². The van der Waals surface area contributed by atoms with Gasteiger partial charge in [-0.05, 0) is 42.8 Å². The summed E-state index contributed by atoms with van der Waals surface area (Å²) >= 11 is 0. The number of nitriles is 1. The fraction of sp³-hybridized carbons (Fsp3) is 0.235. The molecule has 0 spiro atoms. The molecule has 0 aliphatic rings. The first-order valence-corrected chi connectivity index (χ1v) is 6.97. The van der Waals surface area contributed by atoms with Crippen LogP contribution in [-0.2, 0) is 12.4 Å². The molecule has 8 heteroatoms. The van der Waals surface area contributed by atoms with Crippen LogP contribution in [-0.4, -0.2) is 0 Å². The Hall–Kier alpha value is -2.69. The van der Waals surface area contributed by atoms with E-state index in [9.17, 15) is 26.3 Å². The maximum Gasteiger partial charge on any atom is 0.417 e. The van der Waals surface area contributed by atoms with Gasteiger partial charge in [-0.15, -0.1) is 0 Å². The van der Waals surface area contributed by atoms with Crippen LogP contribution < -0.4 is 4.74 Å². The van der Waals surface area contributed by atoms with Crippen LogP contribution in [0.2, 0.25) is 0 Å². The monoisotopic (exact) mass is 359 g/mol. The summed E-state index contributed by atoms with van der Waals surface area (Å²) in [6.07, 6.45) is -10.2. The highest BCUT2D eigenvalue weighted by Crippen LogP contribution is 2.36. The van der Waals surface area contributed by atoms with Gasteiger partial charge in [-0.25, -0.2) is 0 Å². The van der Waals surface area contributed by atoms with Crippen LogP contribution in [0.15, 0.2) is 42.5 Å². The summed E-state index contributed by atoms with van der Waals surface area (Å²) in [6.45, 7) is 1.42. The maximum absolute atomic E-state index is 12.9. The lowest BCUT2D eigenvalue weighted by Crippen LogP contribution is -2.10. The SMILES string of the molecule is CC(Oc1ccc(C#N)c(C(F)(F)F)c1)c1cccc(C(F)(F)F)c1. The first-order valence-electron chi connectivity index (χ1n) is 6.97. The van der Waals surface area contributed by atoms with Gasteiger partial charge >= 0.3 is 12.4 Å². The summed E-state index contributed by atoms with van der Waals surface area (Å²) in [5, 5.41) is 8.74. The molecule has 0 radical (unpaired) electrons. The molecule has 0 heterocycles. The molecular formula is C17H11F6NO. The summed E-state index contributed by atoms with van der Waals surface area (Å²) in [6, 6.07) is 8.55. The molecule has 132 valence electrons. The molecule has 2 nitrogen and oxygen atoms in total. The zero-order chi connectivity index (χ0) is 18.8. The van der Waals surface area contributed by atoms with Gasteiger partial charge in [0.2, 0.25) is 0 Å². The van der Waals surface area contributed by atoms with Gasteiger partial charge in [-0.2, -0.15) is 31.6 Å². The molecule has 2 aromatic carbocycles. The molecule has 0 aromatic heterocycles. The predicted molar refractivity (Wildman–Crippen MR) is 76.6 cm³/mol. The van der Waals surface area contributed by atoms with Crippen molar-refractivity contribution in [1.29, 1.82) is 5.26 Å². The van der Waals surface area contributed by atoms with Crippen LogP contribution in [0.3, 0.4) is 0 Å². The summed E-state index contributed by atoms with van der Waals surface area (Å²) in [4.78, 5) is 0. The van der Waals surface area contributed by atoms with Crippen LogP contribution in [0.25, 0.3) is 0 Å². The third-order valence-electron chi connectivity index (χ3n) is 3.41. The lowest BCUT2D eigenvalue weighted by Gasteiger charge is -2.18. The van der Waals surface area contributed by atoms with E-state index < -0.39 is 35.1 Å². The molecule has 2 rings (SSSR count). The van der Waals surface area contributed by atoms with Gasteiger partial charge in [0.15, 0.2) is 0 Å². The van der Waals surface area contributed by atoms with E-state index in [1.54, 1.807) is 0 Å². The third-order valence-corrected chi connectivity index (χ3v) is 3.41. The number of hydrogen-bond donors (Lipinski definition) is 0. The smallest absolute Gasteiger partial charge is 0.417 e. The number of ether oxygens (including phenoxy) is 1. The molecule has 0 aliphatic heterocycles. The number of alkyl halides is 6. The Morgan fingerprint density at radius 2 is 1.64 bits per heavy atom. The lowest BCUT2D eigenvalue weighted by molar-refractivity contribution is -0.138. The zero-order valence-corrected chi connectivity index (χ0v) is 12.7. The van der Waals surface area contributed by atoms with Gasteiger partial charge in [0.05, 0.1) is 22.8 Å². The quantitative estimate of drug-likeness (QED) is 0.655. The minimum Gasteiger partial charge on any atom is -0.486 e. The van der Waals surface area contributed by atoms with E-state index in [0.29, 0.717) is 6.07 Å². The molecule has 25 heavy (non-hydrogen) atoms. The second kappa shape index (κ2) is 6.67. The van der Waals surface area contributed by atoms with Crippen molar-refractivity contribution in [3.63, 3.8) is 0 Å². The number of benzene rings is 2. The summed E-state index contributed by atoms with van der Waals surface area (Å²) in [7, 11) is 0. The Balaban J connectivity index is 2.30. The van der Waals surface area contributed by atoms with E-state index >= 15 is 0 Å². The highest BCUT2D eigenvalue weighted by Gasteiger charge is 2.34. The molecule has 0 fully saturated rings. The van der Waals surface area contributed by atoms with Crippen molar-refractivity contribution >= 4 is 0 Å². The lowest BCUT2D eigenvalue weighted by atomic mass is 10.1. The number of halogens is 6. The van der Waals surface area contributed by atoms with E-state index in [2.05, 4.69) is 0 Å². The van der Waals surface area contributed by atoms with Crippen molar-refractivity contribution in [2.45, 2.75) is 25.4 Å². The Morgan fingerprint density at radius 3 is 2.20 bits per heavy atom. The van der Waals surface area contributed by atoms with Crippen LogP contribution in [0, 0.1) is 11.3 Å². The van der Waals surface area contributed by atoms with Gasteiger partial charge in [0.25, 0.3) is 0 Å². The van der Waals surface area contributed by atoms with E-state index in [1.165, 1.54) is 25.1 Å². The largest absolute Gasteiger partial charge is 0.486 e. The van der Waals surface area contributed by atoms with Gasteiger partial charge in [-0.1, -0.05) is 12.1 Å². The van der Waals surface area contributed by atoms with Gasteiger partial charge < -0.3 is 4.74 Å². The average Bonchev–Trinajstić information content (AvgIpc) is 2.53. The van der Waals surface area contributed by atoms with Gasteiger partial charge in [0.1, 0.15) is 11.9 Å². The molecule has 0 bridgehead atoms. The molecule has 0 saturated heterocycles. The molecule has 1 unspecified atom stereocenters. The molecule has 0 saturated carbocycles. The molecular weight excluding hydrogens is 348 g/mol. The second-order valence-electron chi connectivity index (χ2n) is 5.20. The van der Waals surface area contributed by atoms with Crippen molar-refractivity contribution in [1.82, 2.24) is 0 Å². The second-order valence-corrected chi connectivity index (χ2v) is 5.20.